The molecule has 2 unspecified atom stereocenters. The lowest BCUT2D eigenvalue weighted by Gasteiger charge is -2.25. The van der Waals surface area contributed by atoms with Crippen molar-refractivity contribution in [2.45, 2.75) is 44.2 Å². The van der Waals surface area contributed by atoms with Crippen molar-refractivity contribution in [1.29, 1.82) is 0 Å². The molecule has 5 heteroatoms. The van der Waals surface area contributed by atoms with Crippen molar-refractivity contribution in [2.75, 3.05) is 20.8 Å². The van der Waals surface area contributed by atoms with Crippen molar-refractivity contribution >= 4 is 0 Å². The van der Waals surface area contributed by atoms with E-state index >= 15 is 0 Å². The number of hydrogen-bond donors (Lipinski definition) is 2. The zero-order chi connectivity index (χ0) is 15.1. The second kappa shape index (κ2) is 8.22. The van der Waals surface area contributed by atoms with Gasteiger partial charge in [-0.05, 0) is 38.2 Å². The number of nitrogens with one attached hydrogen (secondary N) is 1. The molecular weight excluding hydrogens is 268 g/mol. The van der Waals surface area contributed by atoms with Gasteiger partial charge in [0.05, 0.1) is 20.3 Å². The van der Waals surface area contributed by atoms with Gasteiger partial charge in [0.2, 0.25) is 0 Å². The molecule has 1 saturated heterocycles. The Bertz CT molecular complexity index is 434. The normalized spacial score (nSPS) is 20.0. The Labute approximate surface area is 126 Å². The van der Waals surface area contributed by atoms with E-state index in [1.807, 2.05) is 18.2 Å². The van der Waals surface area contributed by atoms with E-state index in [4.69, 9.17) is 20.1 Å². The standard InChI is InChI=1S/C16H26N2O3/c1-19-13-6-8-14(16(11-13)20-2)15(18-17)9-7-12-5-3-4-10-21-12/h6,8,11-12,15,18H,3-5,7,9-10,17H2,1-2H3. The molecule has 5 nitrogen and oxygen atoms in total. The molecule has 0 bridgehead atoms. The van der Waals surface area contributed by atoms with E-state index in [2.05, 4.69) is 5.43 Å². The topological polar surface area (TPSA) is 65.7 Å². The van der Waals surface area contributed by atoms with Crippen molar-refractivity contribution in [3.05, 3.63) is 23.8 Å². The average molecular weight is 294 g/mol. The summed E-state index contributed by atoms with van der Waals surface area (Å²) in [5.41, 5.74) is 3.95. The largest absolute Gasteiger partial charge is 0.497 e. The van der Waals surface area contributed by atoms with Crippen molar-refractivity contribution in [3.8, 4) is 11.5 Å². The minimum absolute atomic E-state index is 0.0522. The summed E-state index contributed by atoms with van der Waals surface area (Å²) in [6.07, 6.45) is 5.88. The molecule has 1 heterocycles. The summed E-state index contributed by atoms with van der Waals surface area (Å²) < 4.78 is 16.5. The van der Waals surface area contributed by atoms with Crippen molar-refractivity contribution in [1.82, 2.24) is 5.43 Å². The van der Waals surface area contributed by atoms with Gasteiger partial charge in [0.1, 0.15) is 11.5 Å². The number of hydrogen-bond acceptors (Lipinski definition) is 5. The fourth-order valence-electron chi connectivity index (χ4n) is 2.82. The molecule has 0 aromatic heterocycles. The predicted molar refractivity (Wildman–Crippen MR) is 82.4 cm³/mol. The monoisotopic (exact) mass is 294 g/mol. The second-order valence-corrected chi connectivity index (χ2v) is 5.39. The van der Waals surface area contributed by atoms with Gasteiger partial charge in [-0.25, -0.2) is 0 Å². The molecule has 0 aliphatic carbocycles. The summed E-state index contributed by atoms with van der Waals surface area (Å²) in [5, 5.41) is 0. The maximum Gasteiger partial charge on any atom is 0.127 e. The van der Waals surface area contributed by atoms with E-state index < -0.39 is 0 Å². The molecule has 1 aliphatic heterocycles. The van der Waals surface area contributed by atoms with Crippen LogP contribution in [0.3, 0.4) is 0 Å². The van der Waals surface area contributed by atoms with Crippen LogP contribution in [-0.4, -0.2) is 26.9 Å². The number of nitrogens with two attached hydrogens (primary N) is 1. The summed E-state index contributed by atoms with van der Waals surface area (Å²) in [7, 11) is 3.31. The van der Waals surface area contributed by atoms with Crippen LogP contribution in [0.1, 0.15) is 43.7 Å². The van der Waals surface area contributed by atoms with E-state index in [1.54, 1.807) is 14.2 Å². The predicted octanol–water partition coefficient (Wildman–Crippen LogP) is 2.56. The maximum absolute atomic E-state index is 5.78. The highest BCUT2D eigenvalue weighted by molar-refractivity contribution is 5.42. The van der Waals surface area contributed by atoms with E-state index in [9.17, 15) is 0 Å². The number of hydrazine groups is 1. The highest BCUT2D eigenvalue weighted by Crippen LogP contribution is 2.32. The molecule has 21 heavy (non-hydrogen) atoms. The molecule has 2 atom stereocenters. The SMILES string of the molecule is COc1ccc(C(CCC2CCCCO2)NN)c(OC)c1. The number of rotatable bonds is 7. The molecule has 0 radical (unpaired) electrons. The first kappa shape index (κ1) is 16.1. The minimum atomic E-state index is 0.0522. The molecule has 0 saturated carbocycles. The highest BCUT2D eigenvalue weighted by atomic mass is 16.5. The van der Waals surface area contributed by atoms with Gasteiger partial charge in [-0.2, -0.15) is 0 Å². The van der Waals surface area contributed by atoms with Crippen LogP contribution in [0, 0.1) is 0 Å². The quantitative estimate of drug-likeness (QED) is 0.597. The Morgan fingerprint density at radius 3 is 2.81 bits per heavy atom. The molecule has 3 N–H and O–H groups in total. The lowest BCUT2D eigenvalue weighted by molar-refractivity contribution is 0.00850. The Hall–Kier alpha value is -1.30. The third-order valence-electron chi connectivity index (χ3n) is 4.07. The third kappa shape index (κ3) is 4.33. The van der Waals surface area contributed by atoms with Gasteiger partial charge in [0.15, 0.2) is 0 Å². The first-order valence-corrected chi connectivity index (χ1v) is 7.58. The van der Waals surface area contributed by atoms with Crippen LogP contribution < -0.4 is 20.7 Å². The number of ether oxygens (including phenoxy) is 3. The molecule has 0 spiro atoms. The second-order valence-electron chi connectivity index (χ2n) is 5.39. The van der Waals surface area contributed by atoms with Crippen LogP contribution in [0.2, 0.25) is 0 Å². The highest BCUT2D eigenvalue weighted by Gasteiger charge is 2.19. The van der Waals surface area contributed by atoms with Gasteiger partial charge in [-0.15, -0.1) is 0 Å². The van der Waals surface area contributed by atoms with Crippen LogP contribution in [0.15, 0.2) is 18.2 Å². The first-order chi connectivity index (χ1) is 10.3. The smallest absolute Gasteiger partial charge is 0.127 e. The third-order valence-corrected chi connectivity index (χ3v) is 4.07. The molecule has 1 aromatic rings. The van der Waals surface area contributed by atoms with Gasteiger partial charge in [0, 0.05) is 24.3 Å². The maximum atomic E-state index is 5.78. The van der Waals surface area contributed by atoms with Crippen molar-refractivity contribution < 1.29 is 14.2 Å². The zero-order valence-electron chi connectivity index (χ0n) is 12.9. The van der Waals surface area contributed by atoms with Crippen molar-refractivity contribution in [3.63, 3.8) is 0 Å². The van der Waals surface area contributed by atoms with Crippen LogP contribution in [0.5, 0.6) is 11.5 Å². The van der Waals surface area contributed by atoms with Crippen LogP contribution in [-0.2, 0) is 4.74 Å². The van der Waals surface area contributed by atoms with Crippen LogP contribution >= 0.6 is 0 Å². The molecule has 1 aromatic carbocycles. The number of methoxy groups -OCH3 is 2. The fourth-order valence-corrected chi connectivity index (χ4v) is 2.82. The molecule has 2 rings (SSSR count). The fraction of sp³-hybridized carbons (Fsp3) is 0.625. The van der Waals surface area contributed by atoms with E-state index in [0.717, 1.165) is 42.9 Å². The Morgan fingerprint density at radius 1 is 1.33 bits per heavy atom. The van der Waals surface area contributed by atoms with Gasteiger partial charge < -0.3 is 14.2 Å². The summed E-state index contributed by atoms with van der Waals surface area (Å²) in [6.45, 7) is 0.886. The van der Waals surface area contributed by atoms with E-state index in [0.29, 0.717) is 6.10 Å². The van der Waals surface area contributed by atoms with Gasteiger partial charge in [-0.3, -0.25) is 11.3 Å². The van der Waals surface area contributed by atoms with E-state index in [1.165, 1.54) is 12.8 Å². The lowest BCUT2D eigenvalue weighted by atomic mass is 9.97. The summed E-state index contributed by atoms with van der Waals surface area (Å²) in [5.74, 6) is 7.31. The summed E-state index contributed by atoms with van der Waals surface area (Å²) in [4.78, 5) is 0. The van der Waals surface area contributed by atoms with Gasteiger partial charge in [0.25, 0.3) is 0 Å². The molecule has 118 valence electrons. The van der Waals surface area contributed by atoms with E-state index in [-0.39, 0.29) is 6.04 Å². The summed E-state index contributed by atoms with van der Waals surface area (Å²) in [6, 6.07) is 5.87. The van der Waals surface area contributed by atoms with Crippen LogP contribution in [0.4, 0.5) is 0 Å². The summed E-state index contributed by atoms with van der Waals surface area (Å²) >= 11 is 0. The average Bonchev–Trinajstić information content (AvgIpc) is 2.56. The number of benzene rings is 1. The first-order valence-electron chi connectivity index (χ1n) is 7.58. The Morgan fingerprint density at radius 2 is 2.19 bits per heavy atom. The Balaban J connectivity index is 2.02. The van der Waals surface area contributed by atoms with Gasteiger partial charge in [-0.1, -0.05) is 6.07 Å². The zero-order valence-corrected chi connectivity index (χ0v) is 12.9. The molecule has 1 fully saturated rings. The van der Waals surface area contributed by atoms with Crippen molar-refractivity contribution in [2.24, 2.45) is 5.84 Å². The lowest BCUT2D eigenvalue weighted by Crippen LogP contribution is -2.30. The Kier molecular flexibility index (Phi) is 6.29. The molecular formula is C16H26N2O3. The molecule has 1 aliphatic rings. The molecule has 0 amide bonds. The van der Waals surface area contributed by atoms with Crippen LogP contribution in [0.25, 0.3) is 0 Å². The van der Waals surface area contributed by atoms with Gasteiger partial charge >= 0.3 is 0 Å². The minimum Gasteiger partial charge on any atom is -0.497 e.